The van der Waals surface area contributed by atoms with Gasteiger partial charge in [-0.15, -0.1) is 0 Å². The molecule has 8 heteroatoms. The van der Waals surface area contributed by atoms with E-state index in [-0.39, 0.29) is 45.2 Å². The van der Waals surface area contributed by atoms with E-state index in [1.165, 1.54) is 43.1 Å². The molecule has 0 aliphatic heterocycles. The Balaban J connectivity index is 1.27. The van der Waals surface area contributed by atoms with E-state index in [1.807, 2.05) is 12.1 Å². The summed E-state index contributed by atoms with van der Waals surface area (Å²) >= 11 is 0. The molecule has 6 rings (SSSR count). The first kappa shape index (κ1) is 37.3. The van der Waals surface area contributed by atoms with Crippen LogP contribution in [0.5, 0.6) is 0 Å². The lowest BCUT2D eigenvalue weighted by Crippen LogP contribution is -2.66. The number of nitrogens with two attached hydrogens (primary N) is 1. The average molecular weight is 707 g/mol. The molecule has 4 fully saturated rings. The van der Waals surface area contributed by atoms with Gasteiger partial charge in [-0.1, -0.05) is 65.0 Å². The van der Waals surface area contributed by atoms with Gasteiger partial charge in [-0.2, -0.15) is 0 Å². The fraction of sp³-hybridized carbons (Fsp3) is 0.714. The molecule has 10 atom stereocenters. The van der Waals surface area contributed by atoms with Crippen molar-refractivity contribution in [3.63, 3.8) is 0 Å². The zero-order valence-corrected chi connectivity index (χ0v) is 32.4. The fourth-order valence-electron chi connectivity index (χ4n) is 13.3. The van der Waals surface area contributed by atoms with Crippen LogP contribution in [0.4, 0.5) is 0 Å². The highest BCUT2D eigenvalue weighted by Gasteiger charge is 2.70. The normalized spacial score (nSPS) is 39.5. The van der Waals surface area contributed by atoms with Crippen LogP contribution in [0.15, 0.2) is 42.5 Å². The Bertz CT molecular complexity index is 1680. The minimum absolute atomic E-state index is 0.00492. The molecule has 1 aromatic rings. The van der Waals surface area contributed by atoms with E-state index < -0.39 is 21.8 Å². The van der Waals surface area contributed by atoms with Crippen molar-refractivity contribution in [3.8, 4) is 0 Å². The van der Waals surface area contributed by atoms with E-state index >= 15 is 0 Å². The maximum atomic E-state index is 13.2. The van der Waals surface area contributed by atoms with Gasteiger partial charge in [0.25, 0.3) is 0 Å². The van der Waals surface area contributed by atoms with Gasteiger partial charge in [0.1, 0.15) is 9.84 Å². The van der Waals surface area contributed by atoms with Gasteiger partial charge in [-0.25, -0.2) is 13.2 Å². The third-order valence-corrected chi connectivity index (χ3v) is 17.0. The number of amides is 1. The first-order valence-corrected chi connectivity index (χ1v) is 21.2. The highest BCUT2D eigenvalue weighted by molar-refractivity contribution is 7.90. The van der Waals surface area contributed by atoms with Crippen LogP contribution in [0.3, 0.4) is 0 Å². The predicted octanol–water partition coefficient (Wildman–Crippen LogP) is 7.91. The third-order valence-electron chi connectivity index (χ3n) is 16.0. The number of aromatic carboxylic acids is 1. The number of allylic oxidation sites excluding steroid dienone is 3. The van der Waals surface area contributed by atoms with Gasteiger partial charge in [0.2, 0.25) is 5.91 Å². The molecule has 4 saturated carbocycles. The number of rotatable bonds is 9. The molecule has 7 nitrogen and oxygen atoms in total. The predicted molar refractivity (Wildman–Crippen MR) is 201 cm³/mol. The number of sulfone groups is 1. The first-order chi connectivity index (χ1) is 23.2. The standard InChI is InChI=1S/C42H62N2O5S/c1-26(2)29-15-21-42(25-44-36(45)32(43)18-24-50(8,48)49)23-22-40(6)31(35(29)42)13-14-34-39(5)19-16-30(27-9-11-28(12-10-27)37(46)47)38(3,4)33(39)17-20-41(34,40)7/h9-12,16,29,31-35H,1,13-15,17-25,43H2,2-8H3,(H,44,45)(H,46,47)/t29-,31+,32?,33-,34+,35+,39-,40+,41+,42+/m0/s1. The topological polar surface area (TPSA) is 127 Å². The van der Waals surface area contributed by atoms with Crippen molar-refractivity contribution in [2.24, 2.45) is 62.4 Å². The van der Waals surface area contributed by atoms with Gasteiger partial charge in [-0.3, -0.25) is 4.79 Å². The van der Waals surface area contributed by atoms with Crippen LogP contribution in [-0.4, -0.2) is 50.0 Å². The van der Waals surface area contributed by atoms with Gasteiger partial charge >= 0.3 is 5.97 Å². The van der Waals surface area contributed by atoms with Crippen molar-refractivity contribution >= 4 is 27.3 Å². The Morgan fingerprint density at radius 1 is 0.960 bits per heavy atom. The Kier molecular flexibility index (Phi) is 9.40. The zero-order valence-electron chi connectivity index (χ0n) is 31.6. The molecular weight excluding hydrogens is 645 g/mol. The van der Waals surface area contributed by atoms with Crippen molar-refractivity contribution < 1.29 is 23.1 Å². The lowest BCUT2D eigenvalue weighted by molar-refractivity contribution is -0.225. The molecular formula is C42H62N2O5S. The first-order valence-electron chi connectivity index (χ1n) is 19.1. The average Bonchev–Trinajstić information content (AvgIpc) is 3.42. The van der Waals surface area contributed by atoms with Crippen molar-refractivity contribution in [3.05, 3.63) is 53.6 Å². The largest absolute Gasteiger partial charge is 0.478 e. The minimum Gasteiger partial charge on any atom is -0.478 e. The summed E-state index contributed by atoms with van der Waals surface area (Å²) in [5, 5.41) is 12.7. The molecule has 0 spiro atoms. The minimum atomic E-state index is -3.19. The lowest BCUT2D eigenvalue weighted by atomic mass is 9.32. The molecule has 0 radical (unpaired) electrons. The second kappa shape index (κ2) is 12.6. The van der Waals surface area contributed by atoms with Gasteiger partial charge < -0.3 is 16.2 Å². The molecule has 5 aliphatic carbocycles. The molecule has 1 unspecified atom stereocenters. The van der Waals surface area contributed by atoms with Crippen molar-refractivity contribution in [2.75, 3.05) is 18.6 Å². The highest BCUT2D eigenvalue weighted by atomic mass is 32.2. The molecule has 1 amide bonds. The van der Waals surface area contributed by atoms with Gasteiger partial charge in [0.15, 0.2) is 0 Å². The van der Waals surface area contributed by atoms with Crippen molar-refractivity contribution in [1.82, 2.24) is 5.32 Å². The maximum Gasteiger partial charge on any atom is 0.335 e. The summed E-state index contributed by atoms with van der Waals surface area (Å²) in [5.41, 5.74) is 10.8. The molecule has 0 saturated heterocycles. The van der Waals surface area contributed by atoms with Crippen molar-refractivity contribution in [2.45, 2.75) is 112 Å². The molecule has 4 N–H and O–H groups in total. The van der Waals surface area contributed by atoms with Gasteiger partial charge in [-0.05, 0) is 151 Å². The maximum absolute atomic E-state index is 13.2. The number of fused-ring (bicyclic) bond motifs is 7. The highest BCUT2D eigenvalue weighted by Crippen LogP contribution is 2.77. The number of hydrogen-bond donors (Lipinski definition) is 3. The van der Waals surface area contributed by atoms with Crippen LogP contribution in [-0.2, 0) is 14.6 Å². The van der Waals surface area contributed by atoms with Crippen LogP contribution >= 0.6 is 0 Å². The van der Waals surface area contributed by atoms with E-state index in [4.69, 9.17) is 5.73 Å². The molecule has 0 aromatic heterocycles. The molecule has 276 valence electrons. The Morgan fingerprint density at radius 2 is 1.64 bits per heavy atom. The molecule has 1 aromatic carbocycles. The molecule has 0 bridgehead atoms. The Hall–Kier alpha value is -2.45. The van der Waals surface area contributed by atoms with E-state index in [0.29, 0.717) is 41.7 Å². The third kappa shape index (κ3) is 5.83. The summed E-state index contributed by atoms with van der Waals surface area (Å²) in [7, 11) is -3.19. The molecule has 5 aliphatic rings. The van der Waals surface area contributed by atoms with Gasteiger partial charge in [0, 0.05) is 12.8 Å². The summed E-state index contributed by atoms with van der Waals surface area (Å²) < 4.78 is 23.4. The van der Waals surface area contributed by atoms with Crippen LogP contribution in [0.25, 0.3) is 5.57 Å². The van der Waals surface area contributed by atoms with Crippen LogP contribution < -0.4 is 11.1 Å². The summed E-state index contributed by atoms with van der Waals surface area (Å²) in [4.78, 5) is 24.7. The SMILES string of the molecule is C=C(C)[C@@H]1CC[C@]2(CNC(=O)C(N)CCS(C)(=O)=O)CC[C@]3(C)[C@H](CC[C@@H]4[C@@]5(C)CC=C(c6ccc(C(=O)O)cc6)C(C)(C)[C@@H]5CC[C@]43C)[C@@H]12. The molecule has 50 heavy (non-hydrogen) atoms. The van der Waals surface area contributed by atoms with E-state index in [0.717, 1.165) is 37.7 Å². The quantitative estimate of drug-likeness (QED) is 0.224. The van der Waals surface area contributed by atoms with Crippen LogP contribution in [0.2, 0.25) is 0 Å². The number of benzene rings is 1. The number of carboxylic acids is 1. The number of nitrogens with one attached hydrogen (secondary N) is 1. The number of hydrogen-bond acceptors (Lipinski definition) is 5. The summed E-state index contributed by atoms with van der Waals surface area (Å²) in [6, 6.07) is 6.66. The van der Waals surface area contributed by atoms with Crippen molar-refractivity contribution in [1.29, 1.82) is 0 Å². The lowest BCUT2D eigenvalue weighted by Gasteiger charge is -2.72. The fourth-order valence-corrected chi connectivity index (χ4v) is 14.0. The van der Waals surface area contributed by atoms with E-state index in [9.17, 15) is 23.1 Å². The summed E-state index contributed by atoms with van der Waals surface area (Å²) in [5.74, 6) is 1.37. The number of carboxylic acid groups (broad SMARTS) is 1. The number of carbonyl (C=O) groups excluding carboxylic acids is 1. The van der Waals surface area contributed by atoms with Gasteiger partial charge in [0.05, 0.1) is 17.4 Å². The Labute approximate surface area is 301 Å². The van der Waals surface area contributed by atoms with Crippen LogP contribution in [0.1, 0.15) is 122 Å². The smallest absolute Gasteiger partial charge is 0.335 e. The van der Waals surface area contributed by atoms with E-state index in [2.05, 4.69) is 59.5 Å². The number of carbonyl (C=O) groups is 2. The summed E-state index contributed by atoms with van der Waals surface area (Å²) in [6.07, 6.45) is 14.1. The van der Waals surface area contributed by atoms with Crippen LogP contribution in [0, 0.1) is 56.7 Å². The second-order valence-corrected chi connectivity index (χ2v) is 21.0. The monoisotopic (exact) mass is 706 g/mol. The van der Waals surface area contributed by atoms with E-state index in [1.54, 1.807) is 12.1 Å². The molecule has 0 heterocycles. The zero-order chi connectivity index (χ0) is 36.7. The second-order valence-electron chi connectivity index (χ2n) is 18.7. The Morgan fingerprint density at radius 3 is 2.26 bits per heavy atom. The summed E-state index contributed by atoms with van der Waals surface area (Å²) in [6.45, 7) is 20.0.